The molecule has 83 heavy (non-hydrogen) atoms. The summed E-state index contributed by atoms with van der Waals surface area (Å²) in [6, 6.07) is 44.1. The molecule has 0 heteroatoms. The molecular weight excluding hydrogens is 997 g/mol. The van der Waals surface area contributed by atoms with Crippen LogP contribution < -0.4 is 0 Å². The van der Waals surface area contributed by atoms with Gasteiger partial charge >= 0.3 is 0 Å². The van der Waals surface area contributed by atoms with Crippen LogP contribution in [0.25, 0.3) is 22.3 Å². The molecular formula is C83H68. The summed E-state index contributed by atoms with van der Waals surface area (Å²) in [5.74, 6) is 1.57. The minimum Gasteiger partial charge on any atom is -0.0839 e. The van der Waals surface area contributed by atoms with Crippen molar-refractivity contribution in [1.82, 2.24) is 0 Å². The fourth-order valence-electron chi connectivity index (χ4n) is 20.2. The zero-order valence-corrected chi connectivity index (χ0v) is 47.4. The van der Waals surface area contributed by atoms with E-state index in [-0.39, 0.29) is 28.1 Å². The van der Waals surface area contributed by atoms with Crippen LogP contribution in [0.3, 0.4) is 0 Å². The first kappa shape index (κ1) is 47.4. The third-order valence-electron chi connectivity index (χ3n) is 23.3. The molecule has 0 nitrogen and oxygen atoms in total. The minimum absolute atomic E-state index is 0.181. The van der Waals surface area contributed by atoms with Crippen molar-refractivity contribution in [2.75, 3.05) is 0 Å². The van der Waals surface area contributed by atoms with E-state index >= 15 is 0 Å². The molecule has 14 aliphatic rings. The normalized spacial score (nSPS) is 27.7. The predicted molar refractivity (Wildman–Crippen MR) is 342 cm³/mol. The van der Waals surface area contributed by atoms with E-state index in [1.54, 1.807) is 61.3 Å². The van der Waals surface area contributed by atoms with Crippen LogP contribution in [0.15, 0.2) is 286 Å². The van der Waals surface area contributed by atoms with Gasteiger partial charge in [0.1, 0.15) is 0 Å². The highest BCUT2D eigenvalue weighted by Gasteiger charge is 2.60. The van der Waals surface area contributed by atoms with Gasteiger partial charge in [0.2, 0.25) is 0 Å². The molecule has 0 bridgehead atoms. The standard InChI is InChI=1S/C83H68/c1-10-28-69-56(19-1)57-20-2-11-29-70(57)81(69)75-34-16-7-25-62(75)65-44-41-53(48-78(65)81)52-39-37-51(38-40-52)47-68(54-42-45-66-63-26-8-17-35-76(63)82(79(66)49-54)71-30-12-3-21-58(71)59-22-4-13-31-72(59)82)55-43-46-67-64-27-9-18-36-77(64)83(80(67)50-55)73-32-14-5-23-60(73)61-24-6-15-33-74(61)83/h3-6,8-17,21,23-24,27-35,37,39,41-46,48-50,59,63,67-68,80H,1-2,7,18-20,22,25-26,36,38,40,47H2. The van der Waals surface area contributed by atoms with Gasteiger partial charge in [-0.15, -0.1) is 0 Å². The average Bonchev–Trinajstić information content (AvgIpc) is 2.58. The molecule has 5 aromatic carbocycles. The Morgan fingerprint density at radius 1 is 0.470 bits per heavy atom. The van der Waals surface area contributed by atoms with Gasteiger partial charge in [-0.2, -0.15) is 0 Å². The third kappa shape index (κ3) is 6.03. The Labute approximate surface area is 490 Å². The van der Waals surface area contributed by atoms with Gasteiger partial charge in [-0.1, -0.05) is 230 Å². The minimum atomic E-state index is -0.266. The van der Waals surface area contributed by atoms with Gasteiger partial charge in [-0.25, -0.2) is 0 Å². The molecule has 0 saturated carbocycles. The maximum atomic E-state index is 2.84. The second-order valence-electron chi connectivity index (χ2n) is 26.5. The van der Waals surface area contributed by atoms with Crippen LogP contribution in [-0.2, 0) is 16.2 Å². The molecule has 400 valence electrons. The Morgan fingerprint density at radius 3 is 1.82 bits per heavy atom. The lowest BCUT2D eigenvalue weighted by Gasteiger charge is -2.39. The molecule has 0 saturated heterocycles. The van der Waals surface area contributed by atoms with Crippen molar-refractivity contribution >= 4 is 11.1 Å². The van der Waals surface area contributed by atoms with Gasteiger partial charge in [0.15, 0.2) is 0 Å². The molecule has 0 radical (unpaired) electrons. The van der Waals surface area contributed by atoms with E-state index in [0.717, 1.165) is 70.6 Å². The first-order valence-corrected chi connectivity index (χ1v) is 31.9. The molecule has 19 rings (SSSR count). The lowest BCUT2D eigenvalue weighted by Crippen LogP contribution is -2.35. The Hall–Kier alpha value is -8.06. The summed E-state index contributed by atoms with van der Waals surface area (Å²) in [4.78, 5) is 0. The van der Waals surface area contributed by atoms with E-state index < -0.39 is 0 Å². The smallest absolute Gasteiger partial charge is 0.0715 e. The van der Waals surface area contributed by atoms with Crippen LogP contribution in [0.4, 0.5) is 0 Å². The number of hydrogen-bond acceptors (Lipinski definition) is 0. The molecule has 6 atom stereocenters. The Morgan fingerprint density at radius 2 is 1.11 bits per heavy atom. The van der Waals surface area contributed by atoms with E-state index in [0.29, 0.717) is 17.8 Å². The summed E-state index contributed by atoms with van der Waals surface area (Å²) in [6.45, 7) is 0. The maximum absolute atomic E-state index is 2.84. The lowest BCUT2D eigenvalue weighted by molar-refractivity contribution is 0.420. The molecule has 0 N–H and O–H groups in total. The van der Waals surface area contributed by atoms with Gasteiger partial charge in [0.25, 0.3) is 0 Å². The second-order valence-corrected chi connectivity index (χ2v) is 26.5. The van der Waals surface area contributed by atoms with Crippen molar-refractivity contribution in [2.24, 2.45) is 11.8 Å². The van der Waals surface area contributed by atoms with Crippen LogP contribution in [-0.4, -0.2) is 0 Å². The number of hydrogen-bond donors (Lipinski definition) is 0. The van der Waals surface area contributed by atoms with E-state index in [2.05, 4.69) is 225 Å². The number of allylic oxidation sites excluding steroid dienone is 32. The fraction of sp³-hybridized carbons (Fsp3) is 0.253. The molecule has 0 amide bonds. The maximum Gasteiger partial charge on any atom is 0.0715 e. The number of fused-ring (bicyclic) bond motifs is 26. The van der Waals surface area contributed by atoms with Crippen LogP contribution in [0.1, 0.15) is 157 Å². The van der Waals surface area contributed by atoms with Gasteiger partial charge in [0, 0.05) is 29.6 Å². The summed E-state index contributed by atoms with van der Waals surface area (Å²) in [7, 11) is 0. The van der Waals surface area contributed by atoms with Crippen LogP contribution in [0.5, 0.6) is 0 Å². The molecule has 5 aromatic rings. The highest BCUT2D eigenvalue weighted by Crippen LogP contribution is 2.70. The summed E-state index contributed by atoms with van der Waals surface area (Å²) in [5, 5.41) is 0. The van der Waals surface area contributed by atoms with Crippen molar-refractivity contribution < 1.29 is 0 Å². The van der Waals surface area contributed by atoms with E-state index in [1.807, 2.05) is 0 Å². The first-order valence-electron chi connectivity index (χ1n) is 31.9. The summed E-state index contributed by atoms with van der Waals surface area (Å²) < 4.78 is 0. The molecule has 0 aliphatic heterocycles. The Bertz CT molecular complexity index is 4270. The zero-order valence-electron chi connectivity index (χ0n) is 47.4. The van der Waals surface area contributed by atoms with Crippen molar-refractivity contribution in [1.29, 1.82) is 0 Å². The predicted octanol–water partition coefficient (Wildman–Crippen LogP) is 20.2. The second kappa shape index (κ2) is 17.5. The first-order chi connectivity index (χ1) is 41.2. The number of rotatable bonds is 5. The summed E-state index contributed by atoms with van der Waals surface area (Å²) in [5.41, 5.74) is 37.7. The van der Waals surface area contributed by atoms with Crippen LogP contribution in [0, 0.1) is 11.8 Å². The van der Waals surface area contributed by atoms with E-state index in [9.17, 15) is 0 Å². The molecule has 14 aliphatic carbocycles. The quantitative estimate of drug-likeness (QED) is 0.165. The average molecular weight is 1070 g/mol. The molecule has 6 unspecified atom stereocenters. The van der Waals surface area contributed by atoms with Crippen molar-refractivity contribution in [3.8, 4) is 11.1 Å². The largest absolute Gasteiger partial charge is 0.0839 e. The lowest BCUT2D eigenvalue weighted by atomic mass is 9.62. The van der Waals surface area contributed by atoms with Gasteiger partial charge < -0.3 is 0 Å². The number of benzene rings is 5. The summed E-state index contributed by atoms with van der Waals surface area (Å²) in [6.07, 6.45) is 62.2. The molecule has 0 fully saturated rings. The highest BCUT2D eigenvalue weighted by molar-refractivity contribution is 5.93. The van der Waals surface area contributed by atoms with E-state index in [1.165, 1.54) is 90.7 Å². The fourth-order valence-corrected chi connectivity index (χ4v) is 20.2. The van der Waals surface area contributed by atoms with Gasteiger partial charge in [-0.05, 0) is 218 Å². The van der Waals surface area contributed by atoms with Crippen molar-refractivity contribution in [3.05, 3.63) is 342 Å². The van der Waals surface area contributed by atoms with Gasteiger partial charge in [0.05, 0.1) is 16.2 Å². The van der Waals surface area contributed by atoms with E-state index in [4.69, 9.17) is 0 Å². The SMILES string of the molecule is C1=CCC2C(=C1)C1(C3=CC=CCC3c3ccc(C(CC4=CC=C(c5ccc6c(c5)C5(C7=C(CCC=C7)C7=C5C=CCC7)C5=C6CCC=C5)CC4)C4=CC5C(C=C4)C4=C(CCC=C4)C54c5ccccc5-c5ccccc54)cc31)c1ccccc12. The zero-order chi connectivity index (χ0) is 54.2. The highest BCUT2D eigenvalue weighted by atomic mass is 14.6. The van der Waals surface area contributed by atoms with Crippen LogP contribution in [0.2, 0.25) is 0 Å². The third-order valence-corrected chi connectivity index (χ3v) is 23.3. The topological polar surface area (TPSA) is 0 Å². The monoisotopic (exact) mass is 1060 g/mol. The van der Waals surface area contributed by atoms with Crippen molar-refractivity contribution in [2.45, 2.75) is 117 Å². The molecule has 0 aromatic heterocycles. The Balaban J connectivity index is 0.765. The van der Waals surface area contributed by atoms with Crippen LogP contribution >= 0.6 is 0 Å². The summed E-state index contributed by atoms with van der Waals surface area (Å²) >= 11 is 0. The molecule has 0 heterocycles. The van der Waals surface area contributed by atoms with Gasteiger partial charge in [-0.3, -0.25) is 0 Å². The molecule has 3 spiro atoms. The Kier molecular flexibility index (Phi) is 10.00. The van der Waals surface area contributed by atoms with Crippen molar-refractivity contribution in [3.63, 3.8) is 0 Å².